The number of carbonyl (C=O) groups is 1. The maximum absolute atomic E-state index is 13.8. The molecule has 2 aromatic carbocycles. The van der Waals surface area contributed by atoms with Crippen LogP contribution in [0.15, 0.2) is 60.7 Å². The highest BCUT2D eigenvalue weighted by Gasteiger charge is 2.41. The SMILES string of the molecule is CC(=O)NN(c1ccccc1)P(=O)(O)C(NC1CCCCC1)c1ccccc1. The fourth-order valence-electron chi connectivity index (χ4n) is 3.65. The number of benzene rings is 2. The Morgan fingerprint density at radius 1 is 1.04 bits per heavy atom. The third kappa shape index (κ3) is 5.02. The molecule has 0 radical (unpaired) electrons. The normalized spacial score (nSPS) is 18.1. The maximum Gasteiger partial charge on any atom is 0.333 e. The van der Waals surface area contributed by atoms with Gasteiger partial charge in [0.1, 0.15) is 5.78 Å². The van der Waals surface area contributed by atoms with Crippen LogP contribution in [0, 0.1) is 0 Å². The number of rotatable bonds is 7. The minimum Gasteiger partial charge on any atom is -0.327 e. The smallest absolute Gasteiger partial charge is 0.327 e. The minimum absolute atomic E-state index is 0.175. The van der Waals surface area contributed by atoms with Gasteiger partial charge in [-0.3, -0.25) is 20.1 Å². The van der Waals surface area contributed by atoms with Crippen molar-refractivity contribution in [3.8, 4) is 0 Å². The van der Waals surface area contributed by atoms with Crippen LogP contribution in [-0.4, -0.2) is 16.8 Å². The number of nitrogens with one attached hydrogen (secondary N) is 2. The Morgan fingerprint density at radius 3 is 2.18 bits per heavy atom. The molecule has 2 aromatic rings. The summed E-state index contributed by atoms with van der Waals surface area (Å²) in [5.74, 6) is -1.22. The molecule has 1 aliphatic rings. The fourth-order valence-corrected chi connectivity index (χ4v) is 5.60. The van der Waals surface area contributed by atoms with Crippen molar-refractivity contribution in [2.75, 3.05) is 4.78 Å². The topological polar surface area (TPSA) is 81.7 Å². The van der Waals surface area contributed by atoms with E-state index in [0.29, 0.717) is 5.69 Å². The van der Waals surface area contributed by atoms with Gasteiger partial charge in [0.25, 0.3) is 0 Å². The molecule has 6 nitrogen and oxygen atoms in total. The second kappa shape index (κ2) is 9.37. The molecule has 0 heterocycles. The lowest BCUT2D eigenvalue weighted by molar-refractivity contribution is -0.118. The first-order chi connectivity index (χ1) is 13.5. The Bertz CT molecular complexity index is 810. The predicted octanol–water partition coefficient (Wildman–Crippen LogP) is 4.35. The van der Waals surface area contributed by atoms with Gasteiger partial charge in [0.05, 0.1) is 5.69 Å². The summed E-state index contributed by atoms with van der Waals surface area (Å²) >= 11 is 0. The highest BCUT2D eigenvalue weighted by Crippen LogP contribution is 2.58. The van der Waals surface area contributed by atoms with E-state index in [4.69, 9.17) is 0 Å². The summed E-state index contributed by atoms with van der Waals surface area (Å²) in [6.45, 7) is 1.34. The highest BCUT2D eigenvalue weighted by molar-refractivity contribution is 7.60. The van der Waals surface area contributed by atoms with Gasteiger partial charge in [-0.1, -0.05) is 67.8 Å². The summed E-state index contributed by atoms with van der Waals surface area (Å²) in [5, 5.41) is 3.43. The van der Waals surface area contributed by atoms with Crippen LogP contribution in [0.2, 0.25) is 0 Å². The van der Waals surface area contributed by atoms with Gasteiger partial charge in [0, 0.05) is 13.0 Å². The molecule has 0 bridgehead atoms. The lowest BCUT2D eigenvalue weighted by Crippen LogP contribution is -2.43. The van der Waals surface area contributed by atoms with Crippen LogP contribution in [0.1, 0.15) is 50.4 Å². The van der Waals surface area contributed by atoms with Gasteiger partial charge < -0.3 is 4.89 Å². The van der Waals surface area contributed by atoms with Crippen molar-refractivity contribution in [3.63, 3.8) is 0 Å². The summed E-state index contributed by atoms with van der Waals surface area (Å²) in [6.07, 6.45) is 5.39. The van der Waals surface area contributed by atoms with Crippen molar-refractivity contribution in [2.45, 2.75) is 50.9 Å². The quantitative estimate of drug-likeness (QED) is 0.475. The van der Waals surface area contributed by atoms with Crippen LogP contribution in [0.5, 0.6) is 0 Å². The van der Waals surface area contributed by atoms with Crippen molar-refractivity contribution < 1.29 is 14.3 Å². The molecular weight excluding hydrogens is 373 g/mol. The number of hydrogen-bond donors (Lipinski definition) is 3. The molecule has 7 heteroatoms. The number of hydrogen-bond acceptors (Lipinski definition) is 3. The third-order valence-electron chi connectivity index (χ3n) is 5.00. The van der Waals surface area contributed by atoms with Gasteiger partial charge in [-0.05, 0) is 30.5 Å². The van der Waals surface area contributed by atoms with Crippen LogP contribution in [0.3, 0.4) is 0 Å². The van der Waals surface area contributed by atoms with E-state index in [2.05, 4.69) is 10.7 Å². The highest BCUT2D eigenvalue weighted by atomic mass is 31.2. The molecule has 0 saturated heterocycles. The lowest BCUT2D eigenvalue weighted by Gasteiger charge is -2.37. The zero-order valence-electron chi connectivity index (χ0n) is 16.1. The van der Waals surface area contributed by atoms with Crippen LogP contribution < -0.4 is 15.5 Å². The van der Waals surface area contributed by atoms with Crippen LogP contribution >= 0.6 is 7.52 Å². The Labute approximate surface area is 166 Å². The zero-order chi connectivity index (χ0) is 20.0. The third-order valence-corrected chi connectivity index (χ3v) is 7.03. The van der Waals surface area contributed by atoms with Crippen LogP contribution in [0.25, 0.3) is 0 Å². The first-order valence-electron chi connectivity index (χ1n) is 9.75. The van der Waals surface area contributed by atoms with Gasteiger partial charge in [-0.15, -0.1) is 0 Å². The molecule has 0 spiro atoms. The van der Waals surface area contributed by atoms with E-state index in [1.54, 1.807) is 24.3 Å². The average Bonchev–Trinajstić information content (AvgIpc) is 2.72. The summed E-state index contributed by atoms with van der Waals surface area (Å²) in [4.78, 5) is 23.1. The number of nitrogens with zero attached hydrogens (tertiary/aromatic N) is 1. The maximum atomic E-state index is 13.8. The standard InChI is InChI=1S/C21H28N3O3P/c1-17(25)23-24(20-15-9-4-10-16-20)28(26,27)21(18-11-5-2-6-12-18)22-19-13-7-3-8-14-19/h2,4-6,9-12,15-16,19,21-22H,3,7-8,13-14H2,1H3,(H,23,25)(H,26,27). The molecule has 2 atom stereocenters. The predicted molar refractivity (Wildman–Crippen MR) is 112 cm³/mol. The molecule has 3 rings (SSSR count). The Kier molecular flexibility index (Phi) is 6.89. The van der Waals surface area contributed by atoms with E-state index in [1.165, 1.54) is 13.3 Å². The van der Waals surface area contributed by atoms with Crippen molar-refractivity contribution >= 4 is 19.1 Å². The molecule has 28 heavy (non-hydrogen) atoms. The first kappa shape index (κ1) is 20.6. The summed E-state index contributed by atoms with van der Waals surface area (Å²) in [7, 11) is -4.09. The molecule has 1 saturated carbocycles. The van der Waals surface area contributed by atoms with E-state index in [9.17, 15) is 14.3 Å². The molecule has 1 aliphatic carbocycles. The number of para-hydroxylation sites is 1. The van der Waals surface area contributed by atoms with E-state index in [0.717, 1.165) is 36.0 Å². The summed E-state index contributed by atoms with van der Waals surface area (Å²) < 4.78 is 15.0. The number of carbonyl (C=O) groups excluding carboxylic acids is 1. The van der Waals surface area contributed by atoms with Gasteiger partial charge in [0.15, 0.2) is 0 Å². The lowest BCUT2D eigenvalue weighted by atomic mass is 9.95. The first-order valence-corrected chi connectivity index (χ1v) is 11.4. The monoisotopic (exact) mass is 401 g/mol. The second-order valence-electron chi connectivity index (χ2n) is 7.22. The minimum atomic E-state index is -4.09. The Morgan fingerprint density at radius 2 is 1.61 bits per heavy atom. The van der Waals surface area contributed by atoms with Gasteiger partial charge in [-0.2, -0.15) is 0 Å². The molecule has 1 amide bonds. The van der Waals surface area contributed by atoms with Gasteiger partial charge >= 0.3 is 7.52 Å². The summed E-state index contributed by atoms with van der Waals surface area (Å²) in [5.41, 5.74) is 3.76. The van der Waals surface area contributed by atoms with Crippen molar-refractivity contribution in [3.05, 3.63) is 66.2 Å². The number of hydrazine groups is 1. The van der Waals surface area contributed by atoms with E-state index >= 15 is 0 Å². The average molecular weight is 401 g/mol. The molecule has 0 aliphatic heterocycles. The fraction of sp³-hybridized carbons (Fsp3) is 0.381. The Hall–Kier alpha value is -2.14. The van der Waals surface area contributed by atoms with E-state index in [-0.39, 0.29) is 6.04 Å². The van der Waals surface area contributed by atoms with Crippen molar-refractivity contribution in [2.24, 2.45) is 0 Å². The van der Waals surface area contributed by atoms with Crippen LogP contribution in [-0.2, 0) is 9.36 Å². The largest absolute Gasteiger partial charge is 0.333 e. The van der Waals surface area contributed by atoms with Gasteiger partial charge in [0.2, 0.25) is 5.91 Å². The van der Waals surface area contributed by atoms with Crippen LogP contribution in [0.4, 0.5) is 5.69 Å². The molecular formula is C21H28N3O3P. The molecule has 2 unspecified atom stereocenters. The second-order valence-corrected chi connectivity index (χ2v) is 9.31. The van der Waals surface area contributed by atoms with E-state index < -0.39 is 19.2 Å². The Balaban J connectivity index is 1.99. The van der Waals surface area contributed by atoms with E-state index in [1.807, 2.05) is 36.4 Å². The molecule has 150 valence electrons. The van der Waals surface area contributed by atoms with Crippen molar-refractivity contribution in [1.82, 2.24) is 10.7 Å². The molecule has 1 fully saturated rings. The number of anilines is 1. The molecule has 3 N–H and O–H groups in total. The summed E-state index contributed by atoms with van der Waals surface area (Å²) in [6, 6.07) is 18.3. The zero-order valence-corrected chi connectivity index (χ0v) is 17.0. The number of amides is 1. The molecule has 0 aromatic heterocycles. The van der Waals surface area contributed by atoms with Gasteiger partial charge in [-0.25, -0.2) is 4.78 Å². The van der Waals surface area contributed by atoms with Crippen molar-refractivity contribution in [1.29, 1.82) is 0 Å².